The summed E-state index contributed by atoms with van der Waals surface area (Å²) >= 11 is 1.61. The molecule has 0 fully saturated rings. The number of nitrogens with zero attached hydrogens (tertiary/aromatic N) is 1. The van der Waals surface area contributed by atoms with E-state index in [-0.39, 0.29) is 0 Å². The van der Waals surface area contributed by atoms with Crippen molar-refractivity contribution in [3.05, 3.63) is 52.0 Å². The fraction of sp³-hybridized carbons (Fsp3) is 0.0833. The van der Waals surface area contributed by atoms with E-state index >= 15 is 0 Å². The Balaban J connectivity index is 2.02. The number of aromatic amines is 1. The second-order valence-electron chi connectivity index (χ2n) is 3.78. The average molecular weight is 250 g/mol. The molecule has 86 valence electrons. The van der Waals surface area contributed by atoms with Gasteiger partial charge < -0.3 is 4.98 Å². The lowest BCUT2D eigenvalue weighted by molar-refractivity contribution is 0.510. The molecule has 3 rings (SSSR count). The molecule has 0 aliphatic carbocycles. The van der Waals surface area contributed by atoms with Gasteiger partial charge in [-0.3, -0.25) is 0 Å². The summed E-state index contributed by atoms with van der Waals surface area (Å²) in [5.74, 6) is -1.02. The molecule has 5 heteroatoms. The number of hydrogen-bond donors (Lipinski definition) is 1. The number of rotatable bonds is 2. The normalized spacial score (nSPS) is 11.2. The Kier molecular flexibility index (Phi) is 2.40. The minimum Gasteiger partial charge on any atom is -0.342 e. The average Bonchev–Trinajstić information content (AvgIpc) is 2.89. The molecule has 3 aromatic rings. The lowest BCUT2D eigenvalue weighted by Gasteiger charge is -1.91. The lowest BCUT2D eigenvalue weighted by atomic mass is 10.2. The van der Waals surface area contributed by atoms with Crippen LogP contribution < -0.4 is 0 Å². The summed E-state index contributed by atoms with van der Waals surface area (Å²) in [6.07, 6.45) is 0.640. The summed E-state index contributed by atoms with van der Waals surface area (Å²) in [5, 5.41) is 4.01. The van der Waals surface area contributed by atoms with Crippen molar-refractivity contribution < 1.29 is 8.78 Å². The van der Waals surface area contributed by atoms with Gasteiger partial charge in [0.15, 0.2) is 11.6 Å². The quantitative estimate of drug-likeness (QED) is 0.741. The molecule has 0 aliphatic rings. The van der Waals surface area contributed by atoms with Gasteiger partial charge in [-0.05, 0) is 22.4 Å². The van der Waals surface area contributed by atoms with Crippen LogP contribution in [0, 0.1) is 11.6 Å². The fourth-order valence-corrected chi connectivity index (χ4v) is 2.40. The predicted octanol–water partition coefficient (Wildman–Crippen LogP) is 3.49. The van der Waals surface area contributed by atoms with Crippen molar-refractivity contribution in [2.24, 2.45) is 0 Å². The molecule has 2 nitrogen and oxygen atoms in total. The maximum atomic E-state index is 13.0. The zero-order chi connectivity index (χ0) is 11.8. The topological polar surface area (TPSA) is 28.7 Å². The maximum absolute atomic E-state index is 13.0. The molecule has 0 spiro atoms. The summed E-state index contributed by atoms with van der Waals surface area (Å²) in [7, 11) is 0. The molecular weight excluding hydrogens is 242 g/mol. The monoisotopic (exact) mass is 250 g/mol. The number of H-pyrrole nitrogens is 1. The first-order valence-corrected chi connectivity index (χ1v) is 6.01. The molecule has 0 radical (unpaired) electrons. The molecule has 0 atom stereocenters. The first kappa shape index (κ1) is 10.4. The Morgan fingerprint density at radius 2 is 2.06 bits per heavy atom. The molecule has 0 unspecified atom stereocenters. The van der Waals surface area contributed by atoms with Gasteiger partial charge in [0.05, 0.1) is 11.0 Å². The summed E-state index contributed by atoms with van der Waals surface area (Å²) in [4.78, 5) is 7.22. The molecule has 0 bridgehead atoms. The third-order valence-electron chi connectivity index (χ3n) is 2.52. The molecule has 0 aliphatic heterocycles. The Labute approximate surface area is 99.9 Å². The Morgan fingerprint density at radius 1 is 1.24 bits per heavy atom. The smallest absolute Gasteiger partial charge is 0.161 e. The zero-order valence-electron chi connectivity index (χ0n) is 8.71. The Morgan fingerprint density at radius 3 is 2.82 bits per heavy atom. The number of fused-ring (bicyclic) bond motifs is 1. The van der Waals surface area contributed by atoms with E-state index in [0.29, 0.717) is 23.3 Å². The van der Waals surface area contributed by atoms with Crippen LogP contribution in [0.1, 0.15) is 11.4 Å². The summed E-state index contributed by atoms with van der Waals surface area (Å²) in [6.45, 7) is 0. The van der Waals surface area contributed by atoms with Crippen molar-refractivity contribution >= 4 is 22.4 Å². The highest BCUT2D eigenvalue weighted by molar-refractivity contribution is 7.07. The highest BCUT2D eigenvalue weighted by Gasteiger charge is 2.09. The van der Waals surface area contributed by atoms with Crippen molar-refractivity contribution in [2.75, 3.05) is 0 Å². The number of aromatic nitrogens is 2. The Bertz CT molecular complexity index is 620. The van der Waals surface area contributed by atoms with Crippen LogP contribution in [-0.2, 0) is 6.42 Å². The third kappa shape index (κ3) is 1.93. The van der Waals surface area contributed by atoms with Gasteiger partial charge >= 0.3 is 0 Å². The summed E-state index contributed by atoms with van der Waals surface area (Å²) in [5.41, 5.74) is 2.11. The minimum atomic E-state index is -0.869. The van der Waals surface area contributed by atoms with Crippen molar-refractivity contribution in [3.63, 3.8) is 0 Å². The van der Waals surface area contributed by atoms with E-state index < -0.39 is 11.6 Å². The van der Waals surface area contributed by atoms with E-state index in [4.69, 9.17) is 0 Å². The molecular formula is C12H8F2N2S. The third-order valence-corrected chi connectivity index (χ3v) is 3.26. The molecule has 0 saturated carbocycles. The molecule has 0 saturated heterocycles. The molecule has 2 heterocycles. The van der Waals surface area contributed by atoms with Gasteiger partial charge in [0.2, 0.25) is 0 Å². The van der Waals surface area contributed by atoms with Gasteiger partial charge in [0.1, 0.15) is 5.82 Å². The summed E-state index contributed by atoms with van der Waals surface area (Å²) < 4.78 is 26.0. The van der Waals surface area contributed by atoms with Crippen LogP contribution in [0.2, 0.25) is 0 Å². The number of nitrogens with one attached hydrogen (secondary N) is 1. The number of hydrogen-bond acceptors (Lipinski definition) is 2. The van der Waals surface area contributed by atoms with E-state index in [0.717, 1.165) is 17.7 Å². The van der Waals surface area contributed by atoms with E-state index in [2.05, 4.69) is 9.97 Å². The second kappa shape index (κ2) is 3.92. The van der Waals surface area contributed by atoms with Crippen LogP contribution >= 0.6 is 11.3 Å². The van der Waals surface area contributed by atoms with Crippen molar-refractivity contribution in [3.8, 4) is 0 Å². The molecule has 1 N–H and O–H groups in total. The number of benzene rings is 1. The highest BCUT2D eigenvalue weighted by Crippen LogP contribution is 2.18. The van der Waals surface area contributed by atoms with Crippen LogP contribution in [0.3, 0.4) is 0 Å². The fourth-order valence-electron chi connectivity index (χ4n) is 1.73. The SMILES string of the molecule is Fc1cc2nc(Cc3ccsc3)[nH]c2cc1F. The number of imidazole rings is 1. The van der Waals surface area contributed by atoms with E-state index in [1.807, 2.05) is 16.8 Å². The largest absolute Gasteiger partial charge is 0.342 e. The van der Waals surface area contributed by atoms with Crippen LogP contribution in [-0.4, -0.2) is 9.97 Å². The highest BCUT2D eigenvalue weighted by atomic mass is 32.1. The minimum absolute atomic E-state index is 0.453. The number of thiophene rings is 1. The molecule has 0 amide bonds. The van der Waals surface area contributed by atoms with E-state index in [9.17, 15) is 8.78 Å². The number of halogens is 2. The predicted molar refractivity (Wildman–Crippen MR) is 63.1 cm³/mol. The van der Waals surface area contributed by atoms with E-state index in [1.165, 1.54) is 0 Å². The van der Waals surface area contributed by atoms with E-state index in [1.54, 1.807) is 11.3 Å². The van der Waals surface area contributed by atoms with Gasteiger partial charge in [0, 0.05) is 18.6 Å². The van der Waals surface area contributed by atoms with Crippen molar-refractivity contribution in [1.29, 1.82) is 0 Å². The van der Waals surface area contributed by atoms with Crippen molar-refractivity contribution in [1.82, 2.24) is 9.97 Å². The molecule has 17 heavy (non-hydrogen) atoms. The van der Waals surface area contributed by atoms with Crippen molar-refractivity contribution in [2.45, 2.75) is 6.42 Å². The van der Waals surface area contributed by atoms with Gasteiger partial charge in [0.25, 0.3) is 0 Å². The van der Waals surface area contributed by atoms with Gasteiger partial charge in [-0.25, -0.2) is 13.8 Å². The van der Waals surface area contributed by atoms with Crippen LogP contribution in [0.5, 0.6) is 0 Å². The Hall–Kier alpha value is -1.75. The van der Waals surface area contributed by atoms with Gasteiger partial charge in [-0.2, -0.15) is 11.3 Å². The standard InChI is InChI=1S/C12H8F2N2S/c13-8-4-10-11(5-9(8)14)16-12(15-10)3-7-1-2-17-6-7/h1-2,4-6H,3H2,(H,15,16). The zero-order valence-corrected chi connectivity index (χ0v) is 9.52. The molecule has 1 aromatic carbocycles. The first-order valence-electron chi connectivity index (χ1n) is 5.07. The van der Waals surface area contributed by atoms with Gasteiger partial charge in [-0.1, -0.05) is 0 Å². The van der Waals surface area contributed by atoms with Gasteiger partial charge in [-0.15, -0.1) is 0 Å². The summed E-state index contributed by atoms with van der Waals surface area (Å²) in [6, 6.07) is 4.24. The van der Waals surface area contributed by atoms with Crippen LogP contribution in [0.15, 0.2) is 29.0 Å². The second-order valence-corrected chi connectivity index (χ2v) is 4.56. The van der Waals surface area contributed by atoms with Crippen LogP contribution in [0.4, 0.5) is 8.78 Å². The molecule has 2 aromatic heterocycles. The van der Waals surface area contributed by atoms with Crippen LogP contribution in [0.25, 0.3) is 11.0 Å². The first-order chi connectivity index (χ1) is 8.22. The maximum Gasteiger partial charge on any atom is 0.161 e. The lowest BCUT2D eigenvalue weighted by Crippen LogP contribution is -1.87.